The van der Waals surface area contributed by atoms with Crippen LogP contribution in [0.15, 0.2) is 49.2 Å². The van der Waals surface area contributed by atoms with Crippen LogP contribution in [0, 0.1) is 17.3 Å². The van der Waals surface area contributed by atoms with Gasteiger partial charge in [0.2, 0.25) is 5.95 Å². The molecule has 0 atom stereocenters. The van der Waals surface area contributed by atoms with E-state index in [1.54, 1.807) is 24.8 Å². The van der Waals surface area contributed by atoms with Crippen LogP contribution < -0.4 is 4.90 Å². The summed E-state index contributed by atoms with van der Waals surface area (Å²) in [6.07, 6.45) is 8.12. The van der Waals surface area contributed by atoms with Crippen LogP contribution in [0.2, 0.25) is 0 Å². The zero-order chi connectivity index (χ0) is 22.1. The molecule has 160 valence electrons. The van der Waals surface area contributed by atoms with E-state index in [2.05, 4.69) is 36.3 Å². The summed E-state index contributed by atoms with van der Waals surface area (Å²) < 4.78 is 15.4. The van der Waals surface area contributed by atoms with Gasteiger partial charge in [0, 0.05) is 43.4 Å². The first-order valence-electron chi connectivity index (χ1n) is 10.3. The van der Waals surface area contributed by atoms with E-state index in [1.807, 2.05) is 23.7 Å². The number of halogens is 1. The fraction of sp³-hybridized carbons (Fsp3) is 0.273. The fourth-order valence-corrected chi connectivity index (χ4v) is 4.32. The average Bonchev–Trinajstić information content (AvgIpc) is 3.51. The summed E-state index contributed by atoms with van der Waals surface area (Å²) in [4.78, 5) is 7.46. The van der Waals surface area contributed by atoms with E-state index in [-0.39, 0.29) is 0 Å². The van der Waals surface area contributed by atoms with Crippen LogP contribution in [0.4, 0.5) is 10.1 Å². The molecule has 3 aromatic heterocycles. The smallest absolute Gasteiger partial charge is 0.212 e. The number of nitrogens with zero attached hydrogens (tertiary/aromatic N) is 9. The van der Waals surface area contributed by atoms with Crippen molar-refractivity contribution in [3.8, 4) is 22.9 Å². The molecule has 0 bridgehead atoms. The molecule has 9 nitrogen and oxygen atoms in total. The number of benzene rings is 1. The second-order valence-electron chi connectivity index (χ2n) is 7.72. The molecule has 0 amide bonds. The summed E-state index contributed by atoms with van der Waals surface area (Å²) in [6, 6.07) is 9.09. The summed E-state index contributed by atoms with van der Waals surface area (Å²) in [7, 11) is 1.95. The van der Waals surface area contributed by atoms with Crippen LogP contribution in [0.5, 0.6) is 0 Å². The Kier molecular flexibility index (Phi) is 5.07. The van der Waals surface area contributed by atoms with Crippen molar-refractivity contribution >= 4 is 5.69 Å². The molecule has 0 unspecified atom stereocenters. The zero-order valence-electron chi connectivity index (χ0n) is 17.4. The highest BCUT2D eigenvalue weighted by atomic mass is 19.1. The van der Waals surface area contributed by atoms with Gasteiger partial charge in [-0.05, 0) is 37.1 Å². The van der Waals surface area contributed by atoms with Gasteiger partial charge in [-0.25, -0.2) is 4.98 Å². The zero-order valence-corrected chi connectivity index (χ0v) is 17.4. The third-order valence-corrected chi connectivity index (χ3v) is 5.86. The lowest BCUT2D eigenvalue weighted by Gasteiger charge is -2.35. The first kappa shape index (κ1) is 19.8. The van der Waals surface area contributed by atoms with Crippen molar-refractivity contribution in [3.05, 3.63) is 66.5 Å². The highest BCUT2D eigenvalue weighted by Crippen LogP contribution is 2.39. The first-order chi connectivity index (χ1) is 15.7. The van der Waals surface area contributed by atoms with Crippen molar-refractivity contribution in [2.75, 3.05) is 18.0 Å². The SMILES string of the molecule is Cn1cnnc1C1CCN(c2c(-c3ccc(F)nc3)ccc(-n3nccn3)c2C#N)CC1. The lowest BCUT2D eigenvalue weighted by molar-refractivity contribution is 0.474. The van der Waals surface area contributed by atoms with Gasteiger partial charge in [-0.3, -0.25) is 0 Å². The maximum absolute atomic E-state index is 13.5. The number of aromatic nitrogens is 7. The Morgan fingerprint density at radius 2 is 1.88 bits per heavy atom. The predicted molar refractivity (Wildman–Crippen MR) is 114 cm³/mol. The molecule has 1 saturated heterocycles. The number of nitriles is 1. The topological polar surface area (TPSA) is 101 Å². The van der Waals surface area contributed by atoms with Crippen molar-refractivity contribution in [2.45, 2.75) is 18.8 Å². The second kappa shape index (κ2) is 8.19. The highest BCUT2D eigenvalue weighted by molar-refractivity contribution is 5.85. The number of hydrogen-bond acceptors (Lipinski definition) is 7. The minimum absolute atomic E-state index is 0.302. The molecule has 32 heavy (non-hydrogen) atoms. The van der Waals surface area contributed by atoms with Crippen LogP contribution in [0.1, 0.15) is 30.1 Å². The lowest BCUT2D eigenvalue weighted by atomic mass is 9.93. The van der Waals surface area contributed by atoms with Gasteiger partial charge in [0.25, 0.3) is 0 Å². The summed E-state index contributed by atoms with van der Waals surface area (Å²) in [5, 5.41) is 26.8. The molecule has 4 aromatic rings. The van der Waals surface area contributed by atoms with Gasteiger partial charge in [-0.15, -0.1) is 10.2 Å². The predicted octanol–water partition coefficient (Wildman–Crippen LogP) is 2.85. The standard InChI is InChI=1S/C22H20FN9/c1-30-14-26-29-22(30)15-6-10-31(11-7-15)21-17(16-2-5-20(23)25-13-16)3-4-19(18(21)12-24)32-27-8-9-28-32/h2-5,8-9,13-15H,6-7,10-11H2,1H3. The quantitative estimate of drug-likeness (QED) is 0.460. The molecular weight excluding hydrogens is 409 g/mol. The second-order valence-corrected chi connectivity index (χ2v) is 7.72. The molecule has 1 aromatic carbocycles. The Bertz CT molecular complexity index is 1260. The molecule has 0 saturated carbocycles. The third-order valence-electron chi connectivity index (χ3n) is 5.86. The van der Waals surface area contributed by atoms with Crippen molar-refractivity contribution in [1.29, 1.82) is 5.26 Å². The van der Waals surface area contributed by atoms with E-state index in [0.29, 0.717) is 17.2 Å². The van der Waals surface area contributed by atoms with Gasteiger partial charge in [0.1, 0.15) is 29.5 Å². The number of anilines is 1. The molecular formula is C22H20FN9. The number of piperidine rings is 1. The molecule has 1 aliphatic rings. The van der Waals surface area contributed by atoms with Gasteiger partial charge < -0.3 is 9.47 Å². The molecule has 0 aliphatic carbocycles. The molecule has 0 radical (unpaired) electrons. The number of pyridine rings is 1. The van der Waals surface area contributed by atoms with Crippen molar-refractivity contribution in [3.63, 3.8) is 0 Å². The highest BCUT2D eigenvalue weighted by Gasteiger charge is 2.28. The van der Waals surface area contributed by atoms with E-state index in [0.717, 1.165) is 48.6 Å². The summed E-state index contributed by atoms with van der Waals surface area (Å²) >= 11 is 0. The van der Waals surface area contributed by atoms with Crippen LogP contribution >= 0.6 is 0 Å². The minimum Gasteiger partial charge on any atom is -0.370 e. The normalized spacial score (nSPS) is 14.5. The van der Waals surface area contributed by atoms with E-state index in [9.17, 15) is 9.65 Å². The summed E-state index contributed by atoms with van der Waals surface area (Å²) in [5.41, 5.74) is 3.42. The lowest BCUT2D eigenvalue weighted by Crippen LogP contribution is -2.34. The molecule has 0 N–H and O–H groups in total. The number of hydrogen-bond donors (Lipinski definition) is 0. The fourth-order valence-electron chi connectivity index (χ4n) is 4.32. The molecule has 10 heteroatoms. The number of aryl methyl sites for hydroxylation is 1. The molecule has 4 heterocycles. The Labute approximate surface area is 183 Å². The molecule has 0 spiro atoms. The Morgan fingerprint density at radius 1 is 1.09 bits per heavy atom. The Morgan fingerprint density at radius 3 is 2.50 bits per heavy atom. The van der Waals surface area contributed by atoms with Gasteiger partial charge in [0.15, 0.2) is 0 Å². The van der Waals surface area contributed by atoms with Crippen molar-refractivity contribution < 1.29 is 4.39 Å². The monoisotopic (exact) mass is 429 g/mol. The van der Waals surface area contributed by atoms with E-state index >= 15 is 0 Å². The van der Waals surface area contributed by atoms with Crippen LogP contribution in [-0.2, 0) is 7.05 Å². The molecule has 1 aliphatic heterocycles. The average molecular weight is 429 g/mol. The maximum Gasteiger partial charge on any atom is 0.212 e. The van der Waals surface area contributed by atoms with Crippen molar-refractivity contribution in [2.24, 2.45) is 7.05 Å². The molecule has 1 fully saturated rings. The van der Waals surface area contributed by atoms with Gasteiger partial charge in [-0.2, -0.15) is 24.6 Å². The molecule has 5 rings (SSSR count). The third kappa shape index (κ3) is 3.47. The van der Waals surface area contributed by atoms with Crippen LogP contribution in [0.3, 0.4) is 0 Å². The largest absolute Gasteiger partial charge is 0.370 e. The van der Waals surface area contributed by atoms with Crippen LogP contribution in [-0.4, -0.2) is 47.8 Å². The van der Waals surface area contributed by atoms with E-state index < -0.39 is 5.95 Å². The minimum atomic E-state index is -0.544. The maximum atomic E-state index is 13.5. The van der Waals surface area contributed by atoms with Gasteiger partial charge >= 0.3 is 0 Å². The van der Waals surface area contributed by atoms with Gasteiger partial charge in [-0.1, -0.05) is 0 Å². The summed E-state index contributed by atoms with van der Waals surface area (Å²) in [6.45, 7) is 1.48. The van der Waals surface area contributed by atoms with E-state index in [4.69, 9.17) is 0 Å². The van der Waals surface area contributed by atoms with E-state index in [1.165, 1.54) is 17.1 Å². The van der Waals surface area contributed by atoms with Crippen LogP contribution in [0.25, 0.3) is 16.8 Å². The first-order valence-corrected chi connectivity index (χ1v) is 10.3. The summed E-state index contributed by atoms with van der Waals surface area (Å²) in [5.74, 6) is 0.733. The van der Waals surface area contributed by atoms with Gasteiger partial charge in [0.05, 0.1) is 18.1 Å². The Balaban J connectivity index is 1.57. The Hall–Kier alpha value is -4.13. The number of rotatable bonds is 4. The van der Waals surface area contributed by atoms with Crippen molar-refractivity contribution in [1.82, 2.24) is 34.7 Å².